The highest BCUT2D eigenvalue weighted by atomic mass is 15.3. The van der Waals surface area contributed by atoms with Crippen molar-refractivity contribution in [2.45, 2.75) is 25.4 Å². The summed E-state index contributed by atoms with van der Waals surface area (Å²) in [4.78, 5) is 9.94. The molecule has 4 nitrogen and oxygen atoms in total. The Hall–Kier alpha value is -1.65. The van der Waals surface area contributed by atoms with Crippen LogP contribution in [0.3, 0.4) is 0 Å². The molecule has 2 N–H and O–H groups in total. The van der Waals surface area contributed by atoms with E-state index in [-0.39, 0.29) is 0 Å². The van der Waals surface area contributed by atoms with Crippen LogP contribution in [-0.2, 0) is 6.54 Å². The summed E-state index contributed by atoms with van der Waals surface area (Å²) in [7, 11) is 0. The van der Waals surface area contributed by atoms with Gasteiger partial charge in [0.2, 0.25) is 0 Å². The summed E-state index contributed by atoms with van der Waals surface area (Å²) in [6, 6.07) is 11.2. The largest absolute Gasteiger partial charge is 0.354 e. The standard InChI is InChI=1S/C17H22N4/c18-11-13-10-17(19-16-6-2-1-5-15(13)16)21-9-8-20-7-3-4-14(20)12-21/h1-2,5-6,10,14H,3-4,7-9,11-12,18H2. The van der Waals surface area contributed by atoms with Crippen LogP contribution < -0.4 is 10.6 Å². The van der Waals surface area contributed by atoms with Crippen molar-refractivity contribution >= 4 is 16.7 Å². The molecule has 0 saturated carbocycles. The molecule has 3 heterocycles. The molecule has 2 aromatic rings. The van der Waals surface area contributed by atoms with Crippen LogP contribution in [0.1, 0.15) is 18.4 Å². The fourth-order valence-corrected chi connectivity index (χ4v) is 3.76. The maximum atomic E-state index is 5.95. The van der Waals surface area contributed by atoms with Crippen molar-refractivity contribution in [3.63, 3.8) is 0 Å². The Bertz CT molecular complexity index is 654. The van der Waals surface area contributed by atoms with Crippen molar-refractivity contribution < 1.29 is 0 Å². The smallest absolute Gasteiger partial charge is 0.129 e. The zero-order valence-electron chi connectivity index (χ0n) is 12.3. The number of hydrogen-bond acceptors (Lipinski definition) is 4. The number of anilines is 1. The predicted molar refractivity (Wildman–Crippen MR) is 86.4 cm³/mol. The number of fused-ring (bicyclic) bond motifs is 2. The van der Waals surface area contributed by atoms with Crippen molar-refractivity contribution in [2.24, 2.45) is 5.73 Å². The zero-order chi connectivity index (χ0) is 14.2. The molecule has 21 heavy (non-hydrogen) atoms. The van der Waals surface area contributed by atoms with Gasteiger partial charge in [-0.3, -0.25) is 4.90 Å². The van der Waals surface area contributed by atoms with E-state index >= 15 is 0 Å². The minimum absolute atomic E-state index is 0.569. The van der Waals surface area contributed by atoms with Crippen LogP contribution in [0.2, 0.25) is 0 Å². The van der Waals surface area contributed by atoms with Gasteiger partial charge in [-0.2, -0.15) is 0 Å². The third kappa shape index (κ3) is 2.28. The molecule has 1 unspecified atom stereocenters. The van der Waals surface area contributed by atoms with Gasteiger partial charge in [-0.05, 0) is 37.1 Å². The number of nitrogens with zero attached hydrogens (tertiary/aromatic N) is 3. The van der Waals surface area contributed by atoms with Gasteiger partial charge in [-0.1, -0.05) is 18.2 Å². The van der Waals surface area contributed by atoms with Crippen molar-refractivity contribution in [2.75, 3.05) is 31.1 Å². The van der Waals surface area contributed by atoms with Crippen LogP contribution in [0.5, 0.6) is 0 Å². The van der Waals surface area contributed by atoms with Gasteiger partial charge in [0.15, 0.2) is 0 Å². The molecule has 2 aliphatic heterocycles. The molecule has 1 aromatic heterocycles. The van der Waals surface area contributed by atoms with E-state index < -0.39 is 0 Å². The average Bonchev–Trinajstić information content (AvgIpc) is 3.01. The molecule has 1 aromatic carbocycles. The molecule has 2 aliphatic rings. The summed E-state index contributed by atoms with van der Waals surface area (Å²) in [6.45, 7) is 5.19. The van der Waals surface area contributed by atoms with Crippen molar-refractivity contribution in [1.29, 1.82) is 0 Å². The monoisotopic (exact) mass is 282 g/mol. The van der Waals surface area contributed by atoms with E-state index in [9.17, 15) is 0 Å². The first-order valence-corrected chi connectivity index (χ1v) is 7.93. The predicted octanol–water partition coefficient (Wildman–Crippen LogP) is 1.98. The molecule has 4 heteroatoms. The number of piperazine rings is 1. The van der Waals surface area contributed by atoms with E-state index in [1.807, 2.05) is 6.07 Å². The maximum absolute atomic E-state index is 5.95. The number of para-hydroxylation sites is 1. The first-order valence-electron chi connectivity index (χ1n) is 7.93. The normalized spacial score (nSPS) is 22.7. The van der Waals surface area contributed by atoms with Crippen LogP contribution in [0, 0.1) is 0 Å². The Morgan fingerprint density at radius 1 is 1.19 bits per heavy atom. The van der Waals surface area contributed by atoms with Crippen LogP contribution in [0.25, 0.3) is 10.9 Å². The van der Waals surface area contributed by atoms with Gasteiger partial charge in [0.1, 0.15) is 5.82 Å². The van der Waals surface area contributed by atoms with E-state index in [2.05, 4.69) is 34.1 Å². The van der Waals surface area contributed by atoms with Crippen LogP contribution in [-0.4, -0.2) is 42.1 Å². The first-order chi connectivity index (χ1) is 10.3. The fourth-order valence-electron chi connectivity index (χ4n) is 3.76. The SMILES string of the molecule is NCc1cc(N2CCN3CCCC3C2)nc2ccccc12. The van der Waals surface area contributed by atoms with E-state index in [4.69, 9.17) is 10.7 Å². The van der Waals surface area contributed by atoms with Gasteiger partial charge in [0, 0.05) is 37.6 Å². The van der Waals surface area contributed by atoms with Crippen LogP contribution >= 0.6 is 0 Å². The van der Waals surface area contributed by atoms with Crippen molar-refractivity contribution in [3.8, 4) is 0 Å². The van der Waals surface area contributed by atoms with E-state index in [0.717, 1.165) is 31.0 Å². The number of rotatable bonds is 2. The molecule has 1 atom stereocenters. The molecule has 0 amide bonds. The Morgan fingerprint density at radius 2 is 2.10 bits per heavy atom. The lowest BCUT2D eigenvalue weighted by atomic mass is 10.1. The Kier molecular flexibility index (Phi) is 3.28. The Morgan fingerprint density at radius 3 is 3.00 bits per heavy atom. The van der Waals surface area contributed by atoms with Gasteiger partial charge >= 0.3 is 0 Å². The summed E-state index contributed by atoms with van der Waals surface area (Å²) < 4.78 is 0. The lowest BCUT2D eigenvalue weighted by Gasteiger charge is -2.38. The second kappa shape index (κ2) is 5.28. The minimum atomic E-state index is 0.569. The number of pyridine rings is 1. The molecule has 0 spiro atoms. The minimum Gasteiger partial charge on any atom is -0.354 e. The molecule has 4 rings (SSSR count). The summed E-state index contributed by atoms with van der Waals surface area (Å²) in [6.07, 6.45) is 2.67. The van der Waals surface area contributed by atoms with E-state index in [0.29, 0.717) is 12.6 Å². The summed E-state index contributed by atoms with van der Waals surface area (Å²) in [5.41, 5.74) is 8.20. The molecule has 2 saturated heterocycles. The molecule has 110 valence electrons. The van der Waals surface area contributed by atoms with Gasteiger partial charge in [0.05, 0.1) is 5.52 Å². The molecule has 0 bridgehead atoms. The second-order valence-corrected chi connectivity index (χ2v) is 6.14. The Labute approximate surface area is 125 Å². The third-order valence-electron chi connectivity index (χ3n) is 4.92. The number of benzene rings is 1. The molecular formula is C17H22N4. The van der Waals surface area contributed by atoms with Crippen molar-refractivity contribution in [3.05, 3.63) is 35.9 Å². The number of aromatic nitrogens is 1. The van der Waals surface area contributed by atoms with E-state index in [1.165, 1.54) is 30.3 Å². The van der Waals surface area contributed by atoms with Gasteiger partial charge in [-0.25, -0.2) is 4.98 Å². The van der Waals surface area contributed by atoms with Crippen LogP contribution in [0.4, 0.5) is 5.82 Å². The molecule has 0 aliphatic carbocycles. The molecule has 0 radical (unpaired) electrons. The van der Waals surface area contributed by atoms with Gasteiger partial charge < -0.3 is 10.6 Å². The highest BCUT2D eigenvalue weighted by Crippen LogP contribution is 2.27. The van der Waals surface area contributed by atoms with E-state index in [1.54, 1.807) is 0 Å². The molecule has 2 fully saturated rings. The Balaban J connectivity index is 1.70. The van der Waals surface area contributed by atoms with Gasteiger partial charge in [0.25, 0.3) is 0 Å². The highest BCUT2D eigenvalue weighted by Gasteiger charge is 2.31. The van der Waals surface area contributed by atoms with Crippen molar-refractivity contribution in [1.82, 2.24) is 9.88 Å². The quantitative estimate of drug-likeness (QED) is 0.915. The molecular weight excluding hydrogens is 260 g/mol. The lowest BCUT2D eigenvalue weighted by Crippen LogP contribution is -2.50. The summed E-state index contributed by atoms with van der Waals surface area (Å²) in [5, 5.41) is 1.18. The zero-order valence-corrected chi connectivity index (χ0v) is 12.3. The maximum Gasteiger partial charge on any atom is 0.129 e. The lowest BCUT2D eigenvalue weighted by molar-refractivity contribution is 0.230. The van der Waals surface area contributed by atoms with Gasteiger partial charge in [-0.15, -0.1) is 0 Å². The second-order valence-electron chi connectivity index (χ2n) is 6.14. The first kappa shape index (κ1) is 13.0. The third-order valence-corrected chi connectivity index (χ3v) is 4.92. The summed E-state index contributed by atoms with van der Waals surface area (Å²) >= 11 is 0. The number of hydrogen-bond donors (Lipinski definition) is 1. The topological polar surface area (TPSA) is 45.4 Å². The highest BCUT2D eigenvalue weighted by molar-refractivity contribution is 5.84. The van der Waals surface area contributed by atoms with Crippen LogP contribution in [0.15, 0.2) is 30.3 Å². The number of nitrogens with two attached hydrogens (primary N) is 1. The fraction of sp³-hybridized carbons (Fsp3) is 0.471. The summed E-state index contributed by atoms with van der Waals surface area (Å²) in [5.74, 6) is 1.10. The average molecular weight is 282 g/mol.